The van der Waals surface area contributed by atoms with Crippen LogP contribution in [0.5, 0.6) is 11.5 Å². The number of benzene rings is 2. The number of fused-ring (bicyclic) bond motifs is 1. The van der Waals surface area contributed by atoms with Gasteiger partial charge in [-0.1, -0.05) is 26.0 Å². The average Bonchev–Trinajstić information content (AvgIpc) is 2.71. The monoisotopic (exact) mass is 418 g/mol. The first-order chi connectivity index (χ1) is 14.3. The molecule has 30 heavy (non-hydrogen) atoms. The lowest BCUT2D eigenvalue weighted by Crippen LogP contribution is -2.50. The highest BCUT2D eigenvalue weighted by molar-refractivity contribution is 5.98. The van der Waals surface area contributed by atoms with Crippen molar-refractivity contribution >= 4 is 11.8 Å². The maximum atomic E-state index is 13.9. The first-order valence-corrected chi connectivity index (χ1v) is 9.72. The zero-order valence-electron chi connectivity index (χ0n) is 17.0. The standard InChI is InChI=1S/C22H24F2N2O4/c1-12(2)20(26-21(27)19-15(23)5-4-6-16(19)24)22(28)25-13(3)14-7-8-17-18(11-14)30-10-9-29-17/h4-8,11-13,20H,9-10H2,1-3H3,(H,25,28)(H,26,27). The van der Waals surface area contributed by atoms with Gasteiger partial charge in [-0.3, -0.25) is 9.59 Å². The molecule has 2 aromatic carbocycles. The van der Waals surface area contributed by atoms with Gasteiger partial charge in [0.1, 0.15) is 36.5 Å². The SMILES string of the molecule is CC(NC(=O)C(NC(=O)c1c(F)cccc1F)C(C)C)c1ccc2c(c1)OCCO2. The summed E-state index contributed by atoms with van der Waals surface area (Å²) in [6.07, 6.45) is 0. The summed E-state index contributed by atoms with van der Waals surface area (Å²) in [4.78, 5) is 25.2. The summed E-state index contributed by atoms with van der Waals surface area (Å²) in [6.45, 7) is 6.19. The molecule has 2 aromatic rings. The number of ether oxygens (including phenoxy) is 2. The van der Waals surface area contributed by atoms with E-state index in [1.807, 2.05) is 6.07 Å². The van der Waals surface area contributed by atoms with Gasteiger partial charge in [0.25, 0.3) is 5.91 Å². The van der Waals surface area contributed by atoms with Crippen LogP contribution in [0.15, 0.2) is 36.4 Å². The lowest BCUT2D eigenvalue weighted by Gasteiger charge is -2.25. The third-order valence-electron chi connectivity index (χ3n) is 4.85. The van der Waals surface area contributed by atoms with Crippen LogP contribution in [0.3, 0.4) is 0 Å². The minimum absolute atomic E-state index is 0.309. The second-order valence-corrected chi connectivity index (χ2v) is 7.43. The average molecular weight is 418 g/mol. The molecule has 3 rings (SSSR count). The van der Waals surface area contributed by atoms with Gasteiger partial charge >= 0.3 is 0 Å². The van der Waals surface area contributed by atoms with Crippen molar-refractivity contribution in [3.05, 3.63) is 59.2 Å². The smallest absolute Gasteiger partial charge is 0.257 e. The predicted molar refractivity (Wildman–Crippen MR) is 106 cm³/mol. The fraction of sp³-hybridized carbons (Fsp3) is 0.364. The van der Waals surface area contributed by atoms with E-state index in [0.29, 0.717) is 24.7 Å². The largest absolute Gasteiger partial charge is 0.486 e. The molecule has 0 spiro atoms. The Balaban J connectivity index is 1.72. The Morgan fingerprint density at radius 1 is 0.933 bits per heavy atom. The molecule has 1 aliphatic rings. The van der Waals surface area contributed by atoms with Crippen molar-refractivity contribution in [1.82, 2.24) is 10.6 Å². The third kappa shape index (κ3) is 4.69. The Morgan fingerprint density at radius 2 is 1.57 bits per heavy atom. The normalized spacial score (nSPS) is 14.7. The quantitative estimate of drug-likeness (QED) is 0.754. The molecule has 0 aliphatic carbocycles. The van der Waals surface area contributed by atoms with Gasteiger partial charge in [-0.2, -0.15) is 0 Å². The van der Waals surface area contributed by atoms with Crippen molar-refractivity contribution < 1.29 is 27.8 Å². The molecule has 1 aliphatic heterocycles. The van der Waals surface area contributed by atoms with Gasteiger partial charge in [-0.15, -0.1) is 0 Å². The highest BCUT2D eigenvalue weighted by Gasteiger charge is 2.28. The molecule has 0 saturated carbocycles. The molecule has 2 N–H and O–H groups in total. The molecule has 2 unspecified atom stereocenters. The van der Waals surface area contributed by atoms with E-state index >= 15 is 0 Å². The number of rotatable bonds is 6. The van der Waals surface area contributed by atoms with E-state index in [2.05, 4.69) is 10.6 Å². The summed E-state index contributed by atoms with van der Waals surface area (Å²) in [6, 6.07) is 7.16. The molecule has 0 aromatic heterocycles. The number of carbonyl (C=O) groups excluding carboxylic acids is 2. The number of nitrogens with one attached hydrogen (secondary N) is 2. The maximum absolute atomic E-state index is 13.9. The van der Waals surface area contributed by atoms with Crippen LogP contribution in [0.4, 0.5) is 8.78 Å². The van der Waals surface area contributed by atoms with E-state index in [9.17, 15) is 18.4 Å². The minimum atomic E-state index is -0.986. The Morgan fingerprint density at radius 3 is 2.20 bits per heavy atom. The van der Waals surface area contributed by atoms with Crippen molar-refractivity contribution in [1.29, 1.82) is 0 Å². The van der Waals surface area contributed by atoms with E-state index in [4.69, 9.17) is 9.47 Å². The molecule has 6 nitrogen and oxygen atoms in total. The molecule has 1 heterocycles. The third-order valence-corrected chi connectivity index (χ3v) is 4.85. The maximum Gasteiger partial charge on any atom is 0.257 e. The second kappa shape index (κ2) is 9.11. The number of carbonyl (C=O) groups is 2. The van der Waals surface area contributed by atoms with Crippen molar-refractivity contribution in [2.24, 2.45) is 5.92 Å². The Hall–Kier alpha value is -3.16. The number of amides is 2. The molecule has 2 amide bonds. The summed E-state index contributed by atoms with van der Waals surface area (Å²) >= 11 is 0. The van der Waals surface area contributed by atoms with E-state index in [-0.39, 0.29) is 5.92 Å². The van der Waals surface area contributed by atoms with Gasteiger partial charge in [0, 0.05) is 0 Å². The molecule has 8 heteroatoms. The minimum Gasteiger partial charge on any atom is -0.486 e. The molecule has 2 atom stereocenters. The van der Waals surface area contributed by atoms with Crippen LogP contribution in [-0.4, -0.2) is 31.1 Å². The molecule has 0 saturated heterocycles. The van der Waals surface area contributed by atoms with Crippen molar-refractivity contribution in [2.75, 3.05) is 13.2 Å². The van der Waals surface area contributed by atoms with Gasteiger partial charge in [0.15, 0.2) is 11.5 Å². The van der Waals surface area contributed by atoms with Crippen LogP contribution in [0.2, 0.25) is 0 Å². The van der Waals surface area contributed by atoms with Crippen LogP contribution in [0.1, 0.15) is 42.7 Å². The van der Waals surface area contributed by atoms with Gasteiger partial charge in [-0.05, 0) is 42.7 Å². The van der Waals surface area contributed by atoms with E-state index in [1.54, 1.807) is 32.9 Å². The Kier molecular flexibility index (Phi) is 6.54. The van der Waals surface area contributed by atoms with E-state index < -0.39 is 41.1 Å². The second-order valence-electron chi connectivity index (χ2n) is 7.43. The summed E-state index contributed by atoms with van der Waals surface area (Å²) in [7, 11) is 0. The fourth-order valence-electron chi connectivity index (χ4n) is 3.18. The Bertz CT molecular complexity index is 928. The van der Waals surface area contributed by atoms with E-state index in [1.165, 1.54) is 6.07 Å². The topological polar surface area (TPSA) is 76.7 Å². The molecular weight excluding hydrogens is 394 g/mol. The zero-order valence-corrected chi connectivity index (χ0v) is 17.0. The summed E-state index contributed by atoms with van der Waals surface area (Å²) in [5.41, 5.74) is 0.0809. The zero-order chi connectivity index (χ0) is 21.8. The lowest BCUT2D eigenvalue weighted by atomic mass is 10.0. The molecule has 0 bridgehead atoms. The van der Waals surface area contributed by atoms with Crippen molar-refractivity contribution in [3.8, 4) is 11.5 Å². The van der Waals surface area contributed by atoms with Gasteiger partial charge in [-0.25, -0.2) is 8.78 Å². The molecular formula is C22H24F2N2O4. The van der Waals surface area contributed by atoms with Crippen LogP contribution in [-0.2, 0) is 4.79 Å². The van der Waals surface area contributed by atoms with Gasteiger partial charge in [0.2, 0.25) is 5.91 Å². The Labute approximate surface area is 173 Å². The molecule has 160 valence electrons. The van der Waals surface area contributed by atoms with E-state index in [0.717, 1.165) is 17.7 Å². The highest BCUT2D eigenvalue weighted by atomic mass is 19.1. The highest BCUT2D eigenvalue weighted by Crippen LogP contribution is 2.32. The number of halogens is 2. The van der Waals surface area contributed by atoms with Crippen molar-refractivity contribution in [3.63, 3.8) is 0 Å². The number of hydrogen-bond acceptors (Lipinski definition) is 4. The first kappa shape index (κ1) is 21.5. The van der Waals surface area contributed by atoms with Crippen molar-refractivity contribution in [2.45, 2.75) is 32.9 Å². The summed E-state index contributed by atoms with van der Waals surface area (Å²) in [5, 5.41) is 5.28. The molecule has 0 fully saturated rings. The summed E-state index contributed by atoms with van der Waals surface area (Å²) in [5.74, 6) is -2.48. The van der Waals surface area contributed by atoms with Crippen LogP contribution < -0.4 is 20.1 Å². The summed E-state index contributed by atoms with van der Waals surface area (Å²) < 4.78 is 38.9. The van der Waals surface area contributed by atoms with Gasteiger partial charge < -0.3 is 20.1 Å². The lowest BCUT2D eigenvalue weighted by molar-refractivity contribution is -0.124. The fourth-order valence-corrected chi connectivity index (χ4v) is 3.18. The van der Waals surface area contributed by atoms with Gasteiger partial charge in [0.05, 0.1) is 6.04 Å². The number of hydrogen-bond donors (Lipinski definition) is 2. The van der Waals surface area contributed by atoms with Crippen LogP contribution in [0, 0.1) is 17.6 Å². The molecule has 0 radical (unpaired) electrons. The van der Waals surface area contributed by atoms with Crippen LogP contribution in [0.25, 0.3) is 0 Å². The predicted octanol–water partition coefficient (Wildman–Crippen LogP) is 3.37. The van der Waals surface area contributed by atoms with Crippen LogP contribution >= 0.6 is 0 Å². The first-order valence-electron chi connectivity index (χ1n) is 9.72.